The van der Waals surface area contributed by atoms with Crippen LogP contribution in [0.3, 0.4) is 0 Å². The number of nitrogens with zero attached hydrogens (tertiary/aromatic N) is 1. The molecule has 0 heterocycles. The number of carbonyl (C=O) groups excluding carboxylic acids is 1. The molecular formula is C11H24N2O. The molecule has 1 atom stereocenters. The second-order valence-corrected chi connectivity index (χ2v) is 4.14. The van der Waals surface area contributed by atoms with Crippen LogP contribution in [-0.4, -0.2) is 38.0 Å². The predicted octanol–water partition coefficient (Wildman–Crippen LogP) is 1.49. The molecule has 1 unspecified atom stereocenters. The second-order valence-electron chi connectivity index (χ2n) is 4.14. The highest BCUT2D eigenvalue weighted by Crippen LogP contribution is 2.02. The van der Waals surface area contributed by atoms with Crippen molar-refractivity contribution in [3.05, 3.63) is 0 Å². The van der Waals surface area contributed by atoms with Crippen LogP contribution in [-0.2, 0) is 4.79 Å². The number of hydrogen-bond donors (Lipinski definition) is 1. The molecule has 0 aliphatic carbocycles. The smallest absolute Gasteiger partial charge is 0.223 e. The van der Waals surface area contributed by atoms with Gasteiger partial charge in [0.1, 0.15) is 0 Å². The zero-order valence-corrected chi connectivity index (χ0v) is 9.97. The van der Waals surface area contributed by atoms with E-state index in [-0.39, 0.29) is 5.91 Å². The van der Waals surface area contributed by atoms with Gasteiger partial charge in [-0.2, -0.15) is 0 Å². The van der Waals surface area contributed by atoms with Gasteiger partial charge in [0.25, 0.3) is 0 Å². The molecule has 1 N–H and O–H groups in total. The van der Waals surface area contributed by atoms with E-state index in [1.165, 1.54) is 12.8 Å². The number of carbonyl (C=O) groups is 1. The summed E-state index contributed by atoms with van der Waals surface area (Å²) >= 11 is 0. The van der Waals surface area contributed by atoms with Gasteiger partial charge in [-0.3, -0.25) is 4.79 Å². The van der Waals surface area contributed by atoms with Crippen LogP contribution in [0.2, 0.25) is 0 Å². The SMILES string of the molecule is CCCC(C)CNCCC(=O)N(C)C. The van der Waals surface area contributed by atoms with E-state index in [4.69, 9.17) is 0 Å². The van der Waals surface area contributed by atoms with Crippen molar-refractivity contribution in [2.24, 2.45) is 5.92 Å². The third kappa shape index (κ3) is 6.89. The van der Waals surface area contributed by atoms with Crippen LogP contribution < -0.4 is 5.32 Å². The van der Waals surface area contributed by atoms with Crippen molar-refractivity contribution in [2.45, 2.75) is 33.1 Å². The molecule has 0 aliphatic rings. The number of rotatable bonds is 7. The van der Waals surface area contributed by atoms with Crippen LogP contribution in [0.15, 0.2) is 0 Å². The maximum absolute atomic E-state index is 11.2. The van der Waals surface area contributed by atoms with Crippen LogP contribution in [0.4, 0.5) is 0 Å². The average Bonchev–Trinajstić information content (AvgIpc) is 2.12. The van der Waals surface area contributed by atoms with Gasteiger partial charge in [-0.05, 0) is 18.9 Å². The van der Waals surface area contributed by atoms with E-state index >= 15 is 0 Å². The van der Waals surface area contributed by atoms with Crippen molar-refractivity contribution in [3.63, 3.8) is 0 Å². The molecule has 0 radical (unpaired) electrons. The van der Waals surface area contributed by atoms with Crippen molar-refractivity contribution in [2.75, 3.05) is 27.2 Å². The molecule has 0 aliphatic heterocycles. The van der Waals surface area contributed by atoms with E-state index in [9.17, 15) is 4.79 Å². The van der Waals surface area contributed by atoms with Gasteiger partial charge in [-0.25, -0.2) is 0 Å². The summed E-state index contributed by atoms with van der Waals surface area (Å²) in [5.74, 6) is 0.912. The zero-order chi connectivity index (χ0) is 11.0. The first kappa shape index (κ1) is 13.4. The minimum Gasteiger partial charge on any atom is -0.349 e. The number of nitrogens with one attached hydrogen (secondary N) is 1. The van der Waals surface area contributed by atoms with Crippen LogP contribution in [0.1, 0.15) is 33.1 Å². The third-order valence-electron chi connectivity index (χ3n) is 2.29. The molecule has 0 fully saturated rings. The Hall–Kier alpha value is -0.570. The van der Waals surface area contributed by atoms with E-state index in [1.807, 2.05) is 0 Å². The minimum absolute atomic E-state index is 0.195. The molecule has 0 aromatic heterocycles. The molecule has 0 bridgehead atoms. The summed E-state index contributed by atoms with van der Waals surface area (Å²) in [5, 5.41) is 3.31. The highest BCUT2D eigenvalue weighted by atomic mass is 16.2. The lowest BCUT2D eigenvalue weighted by atomic mass is 10.1. The van der Waals surface area contributed by atoms with Crippen LogP contribution >= 0.6 is 0 Å². The topological polar surface area (TPSA) is 32.3 Å². The Balaban J connectivity index is 3.33. The Kier molecular flexibility index (Phi) is 7.48. The van der Waals surface area contributed by atoms with Crippen molar-refractivity contribution in [3.8, 4) is 0 Å². The molecule has 0 aromatic carbocycles. The normalized spacial score (nSPS) is 12.6. The lowest BCUT2D eigenvalue weighted by Crippen LogP contribution is -2.28. The zero-order valence-electron chi connectivity index (χ0n) is 9.97. The van der Waals surface area contributed by atoms with Gasteiger partial charge in [0.15, 0.2) is 0 Å². The summed E-state index contributed by atoms with van der Waals surface area (Å²) in [6.45, 7) is 6.26. The van der Waals surface area contributed by atoms with Gasteiger partial charge in [0.05, 0.1) is 0 Å². The summed E-state index contributed by atoms with van der Waals surface area (Å²) in [5.41, 5.74) is 0. The van der Waals surface area contributed by atoms with Gasteiger partial charge < -0.3 is 10.2 Å². The third-order valence-corrected chi connectivity index (χ3v) is 2.29. The monoisotopic (exact) mass is 200 g/mol. The van der Waals surface area contributed by atoms with Gasteiger partial charge in [0.2, 0.25) is 5.91 Å². The molecule has 0 saturated carbocycles. The van der Waals surface area contributed by atoms with E-state index < -0.39 is 0 Å². The van der Waals surface area contributed by atoms with E-state index in [0.717, 1.165) is 19.0 Å². The standard InChI is InChI=1S/C11H24N2O/c1-5-6-10(2)9-12-8-7-11(14)13(3)4/h10,12H,5-9H2,1-4H3. The fourth-order valence-corrected chi connectivity index (χ4v) is 1.36. The summed E-state index contributed by atoms with van der Waals surface area (Å²) < 4.78 is 0. The molecule has 14 heavy (non-hydrogen) atoms. The lowest BCUT2D eigenvalue weighted by molar-refractivity contribution is -0.128. The minimum atomic E-state index is 0.195. The van der Waals surface area contributed by atoms with E-state index in [2.05, 4.69) is 19.2 Å². The maximum atomic E-state index is 11.2. The molecule has 0 spiro atoms. The lowest BCUT2D eigenvalue weighted by Gasteiger charge is -2.13. The van der Waals surface area contributed by atoms with Crippen molar-refractivity contribution >= 4 is 5.91 Å². The fourth-order valence-electron chi connectivity index (χ4n) is 1.36. The molecule has 84 valence electrons. The molecular weight excluding hydrogens is 176 g/mol. The average molecular weight is 200 g/mol. The molecule has 0 saturated heterocycles. The Morgan fingerprint density at radius 2 is 2.07 bits per heavy atom. The highest BCUT2D eigenvalue weighted by molar-refractivity contribution is 5.75. The van der Waals surface area contributed by atoms with E-state index in [1.54, 1.807) is 19.0 Å². The summed E-state index contributed by atoms with van der Waals surface area (Å²) in [4.78, 5) is 12.8. The van der Waals surface area contributed by atoms with E-state index in [0.29, 0.717) is 6.42 Å². The summed E-state index contributed by atoms with van der Waals surface area (Å²) in [7, 11) is 3.59. The van der Waals surface area contributed by atoms with Gasteiger partial charge in [-0.1, -0.05) is 20.3 Å². The molecule has 0 rings (SSSR count). The molecule has 1 amide bonds. The van der Waals surface area contributed by atoms with Gasteiger partial charge in [-0.15, -0.1) is 0 Å². The summed E-state index contributed by atoms with van der Waals surface area (Å²) in [6.07, 6.45) is 3.10. The highest BCUT2D eigenvalue weighted by Gasteiger charge is 2.03. The maximum Gasteiger partial charge on any atom is 0.223 e. The molecule has 3 heteroatoms. The van der Waals surface area contributed by atoms with Crippen LogP contribution in [0.25, 0.3) is 0 Å². The quantitative estimate of drug-likeness (QED) is 0.632. The Morgan fingerprint density at radius 1 is 1.43 bits per heavy atom. The van der Waals surface area contributed by atoms with Crippen LogP contribution in [0, 0.1) is 5.92 Å². The number of hydrogen-bond acceptors (Lipinski definition) is 2. The molecule has 0 aromatic rings. The summed E-state index contributed by atoms with van der Waals surface area (Å²) in [6, 6.07) is 0. The first-order valence-electron chi connectivity index (χ1n) is 5.48. The number of amides is 1. The van der Waals surface area contributed by atoms with Gasteiger partial charge in [0, 0.05) is 27.1 Å². The van der Waals surface area contributed by atoms with Crippen molar-refractivity contribution in [1.82, 2.24) is 10.2 Å². The van der Waals surface area contributed by atoms with Crippen molar-refractivity contribution in [1.29, 1.82) is 0 Å². The van der Waals surface area contributed by atoms with Crippen LogP contribution in [0.5, 0.6) is 0 Å². The predicted molar refractivity (Wildman–Crippen MR) is 60.3 cm³/mol. The Bertz CT molecular complexity index is 157. The van der Waals surface area contributed by atoms with Gasteiger partial charge >= 0.3 is 0 Å². The van der Waals surface area contributed by atoms with Crippen molar-refractivity contribution < 1.29 is 4.79 Å². The second kappa shape index (κ2) is 7.80. The first-order chi connectivity index (χ1) is 6.57. The molecule has 3 nitrogen and oxygen atoms in total. The fraction of sp³-hybridized carbons (Fsp3) is 0.909. The Morgan fingerprint density at radius 3 is 2.57 bits per heavy atom. The Labute approximate surface area is 87.9 Å². The first-order valence-corrected chi connectivity index (χ1v) is 5.48. The largest absolute Gasteiger partial charge is 0.349 e.